The number of likely N-dealkylation sites (tertiary alicyclic amines) is 1. The highest BCUT2D eigenvalue weighted by Gasteiger charge is 2.41. The molecule has 1 saturated heterocycles. The number of pyridine rings is 1. The molecule has 0 spiro atoms. The van der Waals surface area contributed by atoms with Crippen molar-refractivity contribution in [1.82, 2.24) is 9.88 Å². The van der Waals surface area contributed by atoms with Gasteiger partial charge in [0.2, 0.25) is 5.88 Å². The van der Waals surface area contributed by atoms with Gasteiger partial charge in [-0.05, 0) is 23.8 Å². The number of anilines is 1. The lowest BCUT2D eigenvalue weighted by atomic mass is 10.0. The van der Waals surface area contributed by atoms with Gasteiger partial charge in [-0.2, -0.15) is 10.5 Å². The standard InChI is InChI=1S/C19H17N5O2/c1-22-17-8-16(15-4-2-3-14(7-15)9-20)10-23-18(17)26-19(12-25)5-6-24(11-19)13-21/h2-4,7-8,10,12,22H,5-6,11H2,1H3/t19-/m0/s1. The Kier molecular flexibility index (Phi) is 4.72. The summed E-state index contributed by atoms with van der Waals surface area (Å²) in [6, 6.07) is 11.2. The summed E-state index contributed by atoms with van der Waals surface area (Å²) in [6.07, 6.45) is 4.86. The van der Waals surface area contributed by atoms with Crippen molar-refractivity contribution in [3.63, 3.8) is 0 Å². The van der Waals surface area contributed by atoms with E-state index in [4.69, 9.17) is 15.3 Å². The van der Waals surface area contributed by atoms with Crippen molar-refractivity contribution < 1.29 is 9.53 Å². The molecule has 0 unspecified atom stereocenters. The molecule has 1 aliphatic rings. The van der Waals surface area contributed by atoms with E-state index in [1.807, 2.05) is 24.4 Å². The highest BCUT2D eigenvalue weighted by atomic mass is 16.5. The van der Waals surface area contributed by atoms with Crippen molar-refractivity contribution in [2.24, 2.45) is 0 Å². The molecule has 0 aliphatic carbocycles. The minimum absolute atomic E-state index is 0.212. The number of hydrogen-bond acceptors (Lipinski definition) is 7. The Bertz CT molecular complexity index is 915. The van der Waals surface area contributed by atoms with Crippen LogP contribution in [0.25, 0.3) is 11.1 Å². The quantitative estimate of drug-likeness (QED) is 0.653. The van der Waals surface area contributed by atoms with Crippen LogP contribution in [0.2, 0.25) is 0 Å². The van der Waals surface area contributed by atoms with Gasteiger partial charge in [0.15, 0.2) is 18.1 Å². The predicted molar refractivity (Wildman–Crippen MR) is 95.2 cm³/mol. The Morgan fingerprint density at radius 1 is 1.35 bits per heavy atom. The van der Waals surface area contributed by atoms with Gasteiger partial charge in [-0.15, -0.1) is 0 Å². The molecule has 1 fully saturated rings. The summed E-state index contributed by atoms with van der Waals surface area (Å²) in [7, 11) is 1.74. The van der Waals surface area contributed by atoms with Crippen LogP contribution in [0.1, 0.15) is 12.0 Å². The fourth-order valence-corrected chi connectivity index (χ4v) is 2.93. The van der Waals surface area contributed by atoms with Gasteiger partial charge < -0.3 is 15.0 Å². The minimum atomic E-state index is -1.07. The fourth-order valence-electron chi connectivity index (χ4n) is 2.93. The van der Waals surface area contributed by atoms with E-state index in [1.54, 1.807) is 25.4 Å². The van der Waals surface area contributed by atoms with Crippen molar-refractivity contribution in [2.45, 2.75) is 12.0 Å². The molecule has 1 N–H and O–H groups in total. The molecular weight excluding hydrogens is 330 g/mol. The van der Waals surface area contributed by atoms with Crippen molar-refractivity contribution >= 4 is 12.0 Å². The Hall–Kier alpha value is -3.58. The van der Waals surface area contributed by atoms with Gasteiger partial charge in [0.05, 0.1) is 23.9 Å². The van der Waals surface area contributed by atoms with E-state index in [1.165, 1.54) is 4.90 Å². The molecule has 26 heavy (non-hydrogen) atoms. The maximum absolute atomic E-state index is 11.6. The molecule has 0 radical (unpaired) electrons. The largest absolute Gasteiger partial charge is 0.460 e. The third-order valence-electron chi connectivity index (χ3n) is 4.37. The second-order valence-corrected chi connectivity index (χ2v) is 6.08. The van der Waals surface area contributed by atoms with Crippen molar-refractivity contribution in [2.75, 3.05) is 25.5 Å². The third kappa shape index (κ3) is 3.28. The number of rotatable bonds is 5. The Labute approximate surface area is 151 Å². The van der Waals surface area contributed by atoms with Gasteiger partial charge in [-0.3, -0.25) is 4.79 Å². The van der Waals surface area contributed by atoms with E-state index in [2.05, 4.69) is 16.4 Å². The van der Waals surface area contributed by atoms with E-state index >= 15 is 0 Å². The molecule has 3 rings (SSSR count). The highest BCUT2D eigenvalue weighted by Crippen LogP contribution is 2.33. The summed E-state index contributed by atoms with van der Waals surface area (Å²) in [5.41, 5.74) is 1.80. The number of carbonyl (C=O) groups is 1. The van der Waals surface area contributed by atoms with Crippen LogP contribution in [0.5, 0.6) is 5.88 Å². The number of ether oxygens (including phenoxy) is 1. The van der Waals surface area contributed by atoms with E-state index < -0.39 is 5.60 Å². The summed E-state index contributed by atoms with van der Waals surface area (Å²) in [5.74, 6) is 0.305. The number of benzene rings is 1. The number of carbonyl (C=O) groups excluding carboxylic acids is 1. The fraction of sp³-hybridized carbons (Fsp3) is 0.263. The third-order valence-corrected chi connectivity index (χ3v) is 4.37. The summed E-state index contributed by atoms with van der Waals surface area (Å²) < 4.78 is 5.92. The maximum Gasteiger partial charge on any atom is 0.238 e. The average Bonchev–Trinajstić information content (AvgIpc) is 3.12. The number of aldehydes is 1. The summed E-state index contributed by atoms with van der Waals surface area (Å²) in [4.78, 5) is 17.5. The first-order valence-corrected chi connectivity index (χ1v) is 8.11. The number of nitrogens with one attached hydrogen (secondary N) is 1. The lowest BCUT2D eigenvalue weighted by Gasteiger charge is -2.24. The number of hydrogen-bond donors (Lipinski definition) is 1. The van der Waals surface area contributed by atoms with E-state index in [-0.39, 0.29) is 6.54 Å². The van der Waals surface area contributed by atoms with Crippen molar-refractivity contribution in [3.8, 4) is 29.3 Å². The lowest BCUT2D eigenvalue weighted by molar-refractivity contribution is -0.120. The van der Waals surface area contributed by atoms with Gasteiger partial charge in [-0.25, -0.2) is 4.98 Å². The van der Waals surface area contributed by atoms with Crippen LogP contribution >= 0.6 is 0 Å². The van der Waals surface area contributed by atoms with E-state index in [9.17, 15) is 4.79 Å². The molecular formula is C19H17N5O2. The Balaban J connectivity index is 1.91. The van der Waals surface area contributed by atoms with Gasteiger partial charge in [0.1, 0.15) is 0 Å². The Morgan fingerprint density at radius 3 is 2.85 bits per heavy atom. The first-order chi connectivity index (χ1) is 12.6. The smallest absolute Gasteiger partial charge is 0.238 e. The van der Waals surface area contributed by atoms with Crippen LogP contribution in [0.3, 0.4) is 0 Å². The second-order valence-electron chi connectivity index (χ2n) is 6.08. The summed E-state index contributed by atoms with van der Waals surface area (Å²) in [5, 5.41) is 21.1. The summed E-state index contributed by atoms with van der Waals surface area (Å²) >= 11 is 0. The monoisotopic (exact) mass is 347 g/mol. The molecule has 130 valence electrons. The zero-order chi connectivity index (χ0) is 18.6. The average molecular weight is 347 g/mol. The van der Waals surface area contributed by atoms with Crippen molar-refractivity contribution in [3.05, 3.63) is 42.1 Å². The first-order valence-electron chi connectivity index (χ1n) is 8.11. The van der Waals surface area contributed by atoms with Crippen LogP contribution in [-0.4, -0.2) is 41.9 Å². The molecule has 1 aliphatic heterocycles. The zero-order valence-corrected chi connectivity index (χ0v) is 14.3. The highest BCUT2D eigenvalue weighted by molar-refractivity contribution is 5.71. The van der Waals surface area contributed by atoms with Crippen LogP contribution in [0, 0.1) is 22.8 Å². The van der Waals surface area contributed by atoms with Crippen LogP contribution in [0.15, 0.2) is 36.5 Å². The lowest BCUT2D eigenvalue weighted by Crippen LogP contribution is -2.40. The molecule has 2 aromatic rings. The van der Waals surface area contributed by atoms with Gasteiger partial charge in [0.25, 0.3) is 0 Å². The Morgan fingerprint density at radius 2 is 2.19 bits per heavy atom. The zero-order valence-electron chi connectivity index (χ0n) is 14.3. The predicted octanol–water partition coefficient (Wildman–Crippen LogP) is 2.17. The minimum Gasteiger partial charge on any atom is -0.460 e. The van der Waals surface area contributed by atoms with Gasteiger partial charge >= 0.3 is 0 Å². The molecule has 1 atom stereocenters. The molecule has 2 heterocycles. The van der Waals surface area contributed by atoms with Crippen LogP contribution < -0.4 is 10.1 Å². The molecule has 0 saturated carbocycles. The number of nitrogens with zero attached hydrogens (tertiary/aromatic N) is 4. The number of aromatic nitrogens is 1. The second kappa shape index (κ2) is 7.12. The van der Waals surface area contributed by atoms with Crippen LogP contribution in [0.4, 0.5) is 5.69 Å². The van der Waals surface area contributed by atoms with E-state index in [0.29, 0.717) is 30.1 Å². The number of nitriles is 2. The summed E-state index contributed by atoms with van der Waals surface area (Å²) in [6.45, 7) is 0.687. The van der Waals surface area contributed by atoms with E-state index in [0.717, 1.165) is 17.4 Å². The SMILES string of the molecule is CNc1cc(-c2cccc(C#N)c2)cnc1O[C@@]1(C=O)CCN(C#N)C1. The molecule has 0 amide bonds. The molecule has 1 aromatic carbocycles. The molecule has 0 bridgehead atoms. The normalized spacial score (nSPS) is 18.7. The van der Waals surface area contributed by atoms with Crippen LogP contribution in [-0.2, 0) is 4.79 Å². The topological polar surface area (TPSA) is 102 Å². The van der Waals surface area contributed by atoms with Gasteiger partial charge in [0, 0.05) is 31.8 Å². The molecule has 1 aromatic heterocycles. The van der Waals surface area contributed by atoms with Gasteiger partial charge in [-0.1, -0.05) is 12.1 Å². The first kappa shape index (κ1) is 17.2. The molecule has 7 nitrogen and oxygen atoms in total. The maximum atomic E-state index is 11.6. The molecule has 7 heteroatoms. The van der Waals surface area contributed by atoms with Crippen molar-refractivity contribution in [1.29, 1.82) is 10.5 Å².